The van der Waals surface area contributed by atoms with Gasteiger partial charge in [-0.3, -0.25) is 0 Å². The number of phenolic OH excluding ortho intramolecular Hbond substituents is 2. The van der Waals surface area contributed by atoms with Crippen molar-refractivity contribution in [2.24, 2.45) is 30.7 Å². The van der Waals surface area contributed by atoms with Gasteiger partial charge in [0.1, 0.15) is 22.9 Å². The number of fused-ring (bicyclic) bond motifs is 1. The first kappa shape index (κ1) is 33.4. The van der Waals surface area contributed by atoms with Gasteiger partial charge in [0.05, 0.1) is 58.8 Å². The maximum absolute atomic E-state index is 11.2. The molecule has 5 aromatic rings. The minimum absolute atomic E-state index is 0.0408. The predicted octanol–water partition coefficient (Wildman–Crippen LogP) is 10.7. The van der Waals surface area contributed by atoms with Crippen LogP contribution in [0.1, 0.15) is 5.56 Å². The number of aromatic hydroxyl groups is 2. The van der Waals surface area contributed by atoms with Gasteiger partial charge in [0.25, 0.3) is 0 Å². The van der Waals surface area contributed by atoms with Crippen molar-refractivity contribution in [2.45, 2.75) is 16.7 Å². The van der Waals surface area contributed by atoms with E-state index >= 15 is 0 Å². The molecule has 0 heterocycles. The molecule has 0 aliphatic carbocycles. The number of ether oxygens (including phenoxy) is 1. The lowest BCUT2D eigenvalue weighted by Crippen LogP contribution is -1.86. The smallest absolute Gasteiger partial charge is 0.152 e. The van der Waals surface area contributed by atoms with Gasteiger partial charge in [0, 0.05) is 16.3 Å². The van der Waals surface area contributed by atoms with Crippen LogP contribution in [-0.2, 0) is 18.7 Å². The number of azo groups is 3. The summed E-state index contributed by atoms with van der Waals surface area (Å²) in [6.45, 7) is 1.82. The monoisotopic (exact) mass is 676 g/mol. The number of methoxy groups -OCH3 is 1. The highest BCUT2D eigenvalue weighted by molar-refractivity contribution is 7.94. The van der Waals surface area contributed by atoms with Crippen molar-refractivity contribution in [1.82, 2.24) is 0 Å². The van der Waals surface area contributed by atoms with Crippen molar-refractivity contribution in [2.75, 3.05) is 7.11 Å². The van der Waals surface area contributed by atoms with Crippen molar-refractivity contribution < 1.29 is 44.2 Å². The topological polar surface area (TPSA) is 201 Å². The van der Waals surface area contributed by atoms with E-state index in [0.717, 1.165) is 12.0 Å². The molecule has 0 atom stereocenters. The first-order chi connectivity index (χ1) is 22.9. The maximum Gasteiger partial charge on any atom is 0.152 e. The van der Waals surface area contributed by atoms with E-state index in [0.29, 0.717) is 67.5 Å². The number of benzene rings is 5. The van der Waals surface area contributed by atoms with E-state index in [1.807, 2.05) is 6.92 Å². The quantitative estimate of drug-likeness (QED) is 0.0400. The summed E-state index contributed by atoms with van der Waals surface area (Å²) in [5, 5.41) is 71.7. The van der Waals surface area contributed by atoms with E-state index in [1.54, 1.807) is 72.8 Å². The fourth-order valence-electron chi connectivity index (χ4n) is 4.10. The second kappa shape index (κ2) is 16.0. The van der Waals surface area contributed by atoms with Crippen molar-refractivity contribution in [3.05, 3.63) is 90.5 Å². The minimum Gasteiger partial charge on any atom is -0.508 e. The molecule has 4 N–H and O–H groups in total. The van der Waals surface area contributed by atoms with Gasteiger partial charge >= 0.3 is 0 Å². The van der Waals surface area contributed by atoms with Crippen LogP contribution < -0.4 is 4.74 Å². The third kappa shape index (κ3) is 8.64. The molecule has 5 rings (SSSR count). The molecule has 0 radical (unpaired) electrons. The highest BCUT2D eigenvalue weighted by Gasteiger charge is 2.16. The Bertz CT molecular complexity index is 1940. The highest BCUT2D eigenvalue weighted by Crippen LogP contribution is 2.45. The zero-order valence-electron chi connectivity index (χ0n) is 24.4. The molecule has 0 amide bonds. The summed E-state index contributed by atoms with van der Waals surface area (Å²) in [6, 6.07) is 23.1. The molecule has 47 heavy (non-hydrogen) atoms. The summed E-state index contributed by atoms with van der Waals surface area (Å²) in [6.07, 6.45) is 0. The summed E-state index contributed by atoms with van der Waals surface area (Å²) >= 11 is 1.43. The third-order valence-corrected chi connectivity index (χ3v) is 7.56. The summed E-state index contributed by atoms with van der Waals surface area (Å²) in [7, 11) is 1.47. The van der Waals surface area contributed by atoms with E-state index in [-0.39, 0.29) is 22.1 Å². The Morgan fingerprint density at radius 2 is 1.23 bits per heavy atom. The average molecular weight is 677 g/mol. The number of hydrogen-bond acceptors (Lipinski definition) is 17. The molecule has 0 bridgehead atoms. The van der Waals surface area contributed by atoms with E-state index in [2.05, 4.69) is 49.4 Å². The molecule has 0 saturated carbocycles. The Hall–Kier alpha value is -4.98. The van der Waals surface area contributed by atoms with Crippen LogP contribution in [0.3, 0.4) is 0 Å². The first-order valence-electron chi connectivity index (χ1n) is 13.3. The highest BCUT2D eigenvalue weighted by atomic mass is 32.2. The summed E-state index contributed by atoms with van der Waals surface area (Å²) < 4.78 is 14.6. The number of phenols is 2. The standard InChI is InChI=1S/C30H24N6O9S2/c1-17-13-26(27(41-2)16-25(17)34-32-20-5-10-23(11-6-20)46-44-42-39)35-36-29-28(47-45-43-40)15-18-14-21(7-12-24(18)30(29)38)33-31-19-3-8-22(37)9-4-19/h3-16,37-40H,1-2H3. The largest absolute Gasteiger partial charge is 0.508 e. The van der Waals surface area contributed by atoms with Crippen molar-refractivity contribution >= 4 is 69.0 Å². The molecule has 0 aliphatic heterocycles. The molecule has 0 fully saturated rings. The molecule has 0 unspecified atom stereocenters. The molecule has 0 aliphatic rings. The average Bonchev–Trinajstić information content (AvgIpc) is 3.09. The zero-order chi connectivity index (χ0) is 33.2. The van der Waals surface area contributed by atoms with Gasteiger partial charge in [-0.2, -0.15) is 20.5 Å². The SMILES string of the molecule is COc1cc(N=Nc2ccc(SOOO)cc2)c(C)cc1N=Nc1c(SOOO)cc2cc(N=Nc3ccc(O)cc3)ccc2c1O. The van der Waals surface area contributed by atoms with Crippen LogP contribution in [0.5, 0.6) is 17.2 Å². The Kier molecular flexibility index (Phi) is 11.4. The van der Waals surface area contributed by atoms with Crippen LogP contribution in [0.25, 0.3) is 10.8 Å². The number of rotatable bonds is 13. The summed E-state index contributed by atoms with van der Waals surface area (Å²) in [5.74, 6) is 0.249. The summed E-state index contributed by atoms with van der Waals surface area (Å²) in [4.78, 5) is 0.944. The molecule has 240 valence electrons. The minimum atomic E-state index is -0.210. The third-order valence-electron chi connectivity index (χ3n) is 6.35. The molecule has 17 heteroatoms. The number of hydrogen-bond donors (Lipinski definition) is 4. The second-order valence-electron chi connectivity index (χ2n) is 9.35. The van der Waals surface area contributed by atoms with E-state index in [4.69, 9.17) is 15.3 Å². The van der Waals surface area contributed by atoms with Crippen LogP contribution >= 0.6 is 24.1 Å². The molecule has 0 aromatic heterocycles. The van der Waals surface area contributed by atoms with Crippen LogP contribution in [0, 0.1) is 6.92 Å². The first-order valence-corrected chi connectivity index (χ1v) is 14.8. The molecule has 15 nitrogen and oxygen atoms in total. The Labute approximate surface area is 274 Å². The zero-order valence-corrected chi connectivity index (χ0v) is 26.0. The number of nitrogens with zero attached hydrogens (tertiary/aromatic N) is 6. The van der Waals surface area contributed by atoms with Gasteiger partial charge in [-0.25, -0.2) is 10.5 Å². The van der Waals surface area contributed by atoms with Gasteiger partial charge in [0.2, 0.25) is 0 Å². The molecule has 0 saturated heterocycles. The Balaban J connectivity index is 1.42. The fraction of sp³-hybridized carbons (Fsp3) is 0.0667. The van der Waals surface area contributed by atoms with Gasteiger partial charge < -0.3 is 14.9 Å². The van der Waals surface area contributed by atoms with E-state index in [1.165, 1.54) is 19.2 Å². The lowest BCUT2D eigenvalue weighted by molar-refractivity contribution is -0.432. The predicted molar refractivity (Wildman–Crippen MR) is 172 cm³/mol. The molecular weight excluding hydrogens is 652 g/mol. The molecule has 0 spiro atoms. The van der Waals surface area contributed by atoms with Crippen LogP contribution in [0.15, 0.2) is 125 Å². The Morgan fingerprint density at radius 1 is 0.617 bits per heavy atom. The maximum atomic E-state index is 11.2. The normalized spacial score (nSPS) is 11.8. The lowest BCUT2D eigenvalue weighted by atomic mass is 10.1. The summed E-state index contributed by atoms with van der Waals surface area (Å²) in [5.41, 5.74) is 3.22. The number of aryl methyl sites for hydroxylation is 1. The van der Waals surface area contributed by atoms with Gasteiger partial charge in [-0.05, 0) is 96.7 Å². The van der Waals surface area contributed by atoms with Crippen molar-refractivity contribution in [3.63, 3.8) is 0 Å². The second-order valence-corrected chi connectivity index (χ2v) is 10.9. The van der Waals surface area contributed by atoms with E-state index in [9.17, 15) is 10.2 Å². The molecule has 5 aromatic carbocycles. The fourth-order valence-corrected chi connectivity index (χ4v) is 4.95. The van der Waals surface area contributed by atoms with Gasteiger partial charge in [-0.1, -0.05) is 10.1 Å². The molecular formula is C30H24N6O9S2. The lowest BCUT2D eigenvalue weighted by Gasteiger charge is -2.10. The van der Waals surface area contributed by atoms with Crippen molar-refractivity contribution in [1.29, 1.82) is 0 Å². The van der Waals surface area contributed by atoms with Crippen LogP contribution in [-0.4, -0.2) is 27.8 Å². The van der Waals surface area contributed by atoms with Gasteiger partial charge in [-0.15, -0.1) is 18.9 Å². The van der Waals surface area contributed by atoms with Crippen molar-refractivity contribution in [3.8, 4) is 17.2 Å². The van der Waals surface area contributed by atoms with E-state index < -0.39 is 0 Å². The van der Waals surface area contributed by atoms with Gasteiger partial charge in [0.15, 0.2) is 5.75 Å². The Morgan fingerprint density at radius 3 is 1.94 bits per heavy atom. The van der Waals surface area contributed by atoms with Crippen LogP contribution in [0.4, 0.5) is 34.1 Å². The van der Waals surface area contributed by atoms with Crippen LogP contribution in [0.2, 0.25) is 0 Å².